The topological polar surface area (TPSA) is 93.8 Å². The van der Waals surface area contributed by atoms with Crippen molar-refractivity contribution >= 4 is 23.2 Å². The van der Waals surface area contributed by atoms with Crippen molar-refractivity contribution in [2.24, 2.45) is 0 Å². The monoisotopic (exact) mass is 428 g/mol. The van der Waals surface area contributed by atoms with E-state index in [4.69, 9.17) is 0 Å². The van der Waals surface area contributed by atoms with E-state index < -0.39 is 5.91 Å². The van der Waals surface area contributed by atoms with Gasteiger partial charge in [0.1, 0.15) is 0 Å². The molecule has 2 N–H and O–H groups in total. The van der Waals surface area contributed by atoms with E-state index in [0.717, 1.165) is 5.69 Å². The molecule has 0 saturated heterocycles. The second-order valence-corrected chi connectivity index (χ2v) is 7.31. The Balaban J connectivity index is 1.62. The van der Waals surface area contributed by atoms with Crippen LogP contribution in [0, 0.1) is 13.8 Å². The van der Waals surface area contributed by atoms with Gasteiger partial charge in [-0.25, -0.2) is 4.68 Å². The minimum absolute atomic E-state index is 0.148. The molecule has 0 unspecified atom stereocenters. The van der Waals surface area contributed by atoms with Gasteiger partial charge in [-0.3, -0.25) is 14.3 Å². The van der Waals surface area contributed by atoms with Gasteiger partial charge in [-0.1, -0.05) is 36.4 Å². The quantitative estimate of drug-likeness (QED) is 0.481. The van der Waals surface area contributed by atoms with Gasteiger partial charge < -0.3 is 10.6 Å². The van der Waals surface area contributed by atoms with Gasteiger partial charge in [-0.15, -0.1) is 0 Å². The van der Waals surface area contributed by atoms with Crippen LogP contribution in [0.4, 0.5) is 11.4 Å². The molecular formula is C24H24N6O2. The maximum atomic E-state index is 13.2. The normalized spacial score (nSPS) is 10.7. The summed E-state index contributed by atoms with van der Waals surface area (Å²) < 4.78 is 3.35. The lowest BCUT2D eigenvalue weighted by Gasteiger charge is -2.08. The Hall–Kier alpha value is -4.20. The summed E-state index contributed by atoms with van der Waals surface area (Å²) >= 11 is 0. The van der Waals surface area contributed by atoms with Gasteiger partial charge in [0.25, 0.3) is 11.8 Å². The fraction of sp³-hybridized carbons (Fsp3) is 0.167. The van der Waals surface area contributed by atoms with Crippen LogP contribution in [0.1, 0.15) is 39.2 Å². The smallest absolute Gasteiger partial charge is 0.278 e. The SMILES string of the molecule is CCn1cc(NC(=O)c2c(C)nn(-c3ccccc3)c2C)c(C(=O)Nc2ccccc2)n1. The molecular weight excluding hydrogens is 404 g/mol. The van der Waals surface area contributed by atoms with Crippen LogP contribution in [-0.2, 0) is 6.54 Å². The van der Waals surface area contributed by atoms with E-state index in [1.807, 2.05) is 62.4 Å². The predicted octanol–water partition coefficient (Wildman–Crippen LogP) is 4.21. The van der Waals surface area contributed by atoms with Gasteiger partial charge in [0.05, 0.1) is 28.3 Å². The van der Waals surface area contributed by atoms with Crippen molar-refractivity contribution in [3.63, 3.8) is 0 Å². The molecule has 0 saturated carbocycles. The van der Waals surface area contributed by atoms with Crippen molar-refractivity contribution in [2.75, 3.05) is 10.6 Å². The number of nitrogens with zero attached hydrogens (tertiary/aromatic N) is 4. The summed E-state index contributed by atoms with van der Waals surface area (Å²) in [7, 11) is 0. The molecule has 0 radical (unpaired) electrons. The van der Waals surface area contributed by atoms with Gasteiger partial charge in [0.2, 0.25) is 0 Å². The molecule has 8 nitrogen and oxygen atoms in total. The lowest BCUT2D eigenvalue weighted by atomic mass is 10.1. The zero-order valence-electron chi connectivity index (χ0n) is 18.2. The average Bonchev–Trinajstić information content (AvgIpc) is 3.35. The highest BCUT2D eigenvalue weighted by Crippen LogP contribution is 2.22. The third kappa shape index (κ3) is 4.15. The van der Waals surface area contributed by atoms with Gasteiger partial charge in [0, 0.05) is 18.4 Å². The van der Waals surface area contributed by atoms with Crippen LogP contribution < -0.4 is 10.6 Å². The van der Waals surface area contributed by atoms with Crippen molar-refractivity contribution in [1.29, 1.82) is 0 Å². The number of carbonyl (C=O) groups excluding carboxylic acids is 2. The van der Waals surface area contributed by atoms with E-state index in [2.05, 4.69) is 20.8 Å². The fourth-order valence-corrected chi connectivity index (χ4v) is 3.53. The molecule has 0 bridgehead atoms. The third-order valence-corrected chi connectivity index (χ3v) is 5.10. The summed E-state index contributed by atoms with van der Waals surface area (Å²) in [6.45, 7) is 6.11. The Bertz CT molecular complexity index is 1260. The van der Waals surface area contributed by atoms with Crippen LogP contribution in [0.3, 0.4) is 0 Å². The number of aryl methyl sites for hydroxylation is 2. The van der Waals surface area contributed by atoms with Gasteiger partial charge in [-0.2, -0.15) is 10.2 Å². The number of para-hydroxylation sites is 2. The number of nitrogens with one attached hydrogen (secondary N) is 2. The highest BCUT2D eigenvalue weighted by atomic mass is 16.2. The molecule has 0 atom stereocenters. The number of carbonyl (C=O) groups is 2. The van der Waals surface area contributed by atoms with Crippen LogP contribution in [-0.4, -0.2) is 31.4 Å². The van der Waals surface area contributed by atoms with Crippen LogP contribution in [0.15, 0.2) is 66.9 Å². The molecule has 32 heavy (non-hydrogen) atoms. The molecule has 2 aromatic carbocycles. The third-order valence-electron chi connectivity index (χ3n) is 5.10. The molecule has 2 amide bonds. The zero-order valence-corrected chi connectivity index (χ0v) is 18.2. The summed E-state index contributed by atoms with van der Waals surface area (Å²) in [6.07, 6.45) is 1.66. The van der Waals surface area contributed by atoms with Crippen LogP contribution >= 0.6 is 0 Å². The molecule has 4 aromatic rings. The maximum Gasteiger partial charge on any atom is 0.278 e. The fourth-order valence-electron chi connectivity index (χ4n) is 3.53. The van der Waals surface area contributed by atoms with Crippen LogP contribution in [0.5, 0.6) is 0 Å². The number of hydrogen-bond donors (Lipinski definition) is 2. The molecule has 4 rings (SSSR count). The number of rotatable bonds is 6. The highest BCUT2D eigenvalue weighted by molar-refractivity contribution is 6.12. The van der Waals surface area contributed by atoms with E-state index in [9.17, 15) is 9.59 Å². The summed E-state index contributed by atoms with van der Waals surface area (Å²) in [5.41, 5.74) is 3.79. The second-order valence-electron chi connectivity index (χ2n) is 7.31. The van der Waals surface area contributed by atoms with E-state index in [1.165, 1.54) is 0 Å². The Kier molecular flexibility index (Phi) is 5.85. The molecule has 0 spiro atoms. The van der Waals surface area contributed by atoms with Crippen molar-refractivity contribution in [1.82, 2.24) is 19.6 Å². The van der Waals surface area contributed by atoms with Crippen LogP contribution in [0.25, 0.3) is 5.69 Å². The molecule has 0 aliphatic carbocycles. The van der Waals surface area contributed by atoms with Gasteiger partial charge >= 0.3 is 0 Å². The van der Waals surface area contributed by atoms with Crippen molar-refractivity contribution in [3.8, 4) is 5.69 Å². The van der Waals surface area contributed by atoms with Crippen molar-refractivity contribution in [2.45, 2.75) is 27.3 Å². The number of aromatic nitrogens is 4. The maximum absolute atomic E-state index is 13.2. The summed E-state index contributed by atoms with van der Waals surface area (Å²) in [6, 6.07) is 18.7. The van der Waals surface area contributed by atoms with Crippen molar-refractivity contribution in [3.05, 3.63) is 89.5 Å². The first kappa shape index (κ1) is 21.0. The largest absolute Gasteiger partial charge is 0.321 e. The highest BCUT2D eigenvalue weighted by Gasteiger charge is 2.23. The lowest BCUT2D eigenvalue weighted by Crippen LogP contribution is -2.19. The number of anilines is 2. The Morgan fingerprint density at radius 2 is 1.53 bits per heavy atom. The summed E-state index contributed by atoms with van der Waals surface area (Å²) in [5.74, 6) is -0.737. The zero-order chi connectivity index (χ0) is 22.7. The van der Waals surface area contributed by atoms with Crippen molar-refractivity contribution < 1.29 is 9.59 Å². The number of hydrogen-bond acceptors (Lipinski definition) is 4. The first-order valence-corrected chi connectivity index (χ1v) is 10.3. The minimum Gasteiger partial charge on any atom is -0.321 e. The average molecular weight is 428 g/mol. The number of amides is 2. The van der Waals surface area contributed by atoms with Gasteiger partial charge in [0.15, 0.2) is 5.69 Å². The van der Waals surface area contributed by atoms with E-state index in [-0.39, 0.29) is 11.6 Å². The first-order valence-electron chi connectivity index (χ1n) is 10.3. The lowest BCUT2D eigenvalue weighted by molar-refractivity contribution is 0.102. The van der Waals surface area contributed by atoms with E-state index in [1.54, 1.807) is 34.6 Å². The summed E-state index contributed by atoms with van der Waals surface area (Å²) in [4.78, 5) is 26.0. The summed E-state index contributed by atoms with van der Waals surface area (Å²) in [5, 5.41) is 14.5. The van der Waals surface area contributed by atoms with E-state index >= 15 is 0 Å². The van der Waals surface area contributed by atoms with E-state index in [0.29, 0.717) is 34.9 Å². The first-order chi connectivity index (χ1) is 15.5. The Morgan fingerprint density at radius 3 is 2.19 bits per heavy atom. The molecule has 2 heterocycles. The second kappa shape index (κ2) is 8.89. The molecule has 162 valence electrons. The Morgan fingerprint density at radius 1 is 0.875 bits per heavy atom. The molecule has 8 heteroatoms. The number of benzene rings is 2. The molecule has 0 aliphatic heterocycles. The molecule has 2 aromatic heterocycles. The minimum atomic E-state index is -0.396. The molecule has 0 aliphatic rings. The Labute approximate surface area is 185 Å². The van der Waals surface area contributed by atoms with Gasteiger partial charge in [-0.05, 0) is 45.0 Å². The molecule has 0 fully saturated rings. The standard InChI is InChI=1S/C24H24N6O2/c1-4-29-15-20(22(28-29)24(32)25-18-11-7-5-8-12-18)26-23(31)21-16(2)27-30(17(21)3)19-13-9-6-10-14-19/h5-15H,4H2,1-3H3,(H,25,32)(H,26,31). The predicted molar refractivity (Wildman–Crippen MR) is 123 cm³/mol. The van der Waals surface area contributed by atoms with Crippen LogP contribution in [0.2, 0.25) is 0 Å².